The van der Waals surface area contributed by atoms with Crippen LogP contribution < -0.4 is 20.7 Å². The zero-order valence-corrected chi connectivity index (χ0v) is 11.0. The van der Waals surface area contributed by atoms with E-state index in [0.717, 1.165) is 0 Å². The van der Waals surface area contributed by atoms with Crippen LogP contribution in [-0.2, 0) is 0 Å². The SMILES string of the molecule is COc1ccc(C=Nc2c[nH]c(=O)[nH]c2=O)c(OC)c1. The fourth-order valence-corrected chi connectivity index (χ4v) is 1.56. The second kappa shape index (κ2) is 5.87. The summed E-state index contributed by atoms with van der Waals surface area (Å²) in [5.74, 6) is 1.22. The largest absolute Gasteiger partial charge is 0.497 e. The Morgan fingerprint density at radius 1 is 1.20 bits per heavy atom. The molecule has 2 aromatic rings. The molecular weight excluding hydrogens is 262 g/mol. The summed E-state index contributed by atoms with van der Waals surface area (Å²) in [5, 5.41) is 0. The summed E-state index contributed by atoms with van der Waals surface area (Å²) in [7, 11) is 3.08. The molecule has 1 aromatic heterocycles. The van der Waals surface area contributed by atoms with E-state index >= 15 is 0 Å². The molecule has 2 N–H and O–H groups in total. The zero-order valence-electron chi connectivity index (χ0n) is 11.0. The van der Waals surface area contributed by atoms with Crippen molar-refractivity contribution >= 4 is 11.9 Å². The van der Waals surface area contributed by atoms with Gasteiger partial charge in [0, 0.05) is 24.0 Å². The summed E-state index contributed by atoms with van der Waals surface area (Å²) in [6.45, 7) is 0. The van der Waals surface area contributed by atoms with Crippen molar-refractivity contribution in [1.29, 1.82) is 0 Å². The third kappa shape index (κ3) is 2.94. The maximum Gasteiger partial charge on any atom is 0.325 e. The third-order valence-corrected chi connectivity index (χ3v) is 2.58. The van der Waals surface area contributed by atoms with Gasteiger partial charge in [-0.15, -0.1) is 0 Å². The molecule has 1 heterocycles. The number of methoxy groups -OCH3 is 2. The summed E-state index contributed by atoms with van der Waals surface area (Å²) in [6.07, 6.45) is 2.72. The summed E-state index contributed by atoms with van der Waals surface area (Å²) in [4.78, 5) is 30.8. The van der Waals surface area contributed by atoms with Gasteiger partial charge in [0.05, 0.1) is 14.2 Å². The fourth-order valence-electron chi connectivity index (χ4n) is 1.56. The van der Waals surface area contributed by atoms with E-state index in [-0.39, 0.29) is 5.69 Å². The van der Waals surface area contributed by atoms with Crippen LogP contribution in [-0.4, -0.2) is 30.4 Å². The van der Waals surface area contributed by atoms with Crippen molar-refractivity contribution in [2.75, 3.05) is 14.2 Å². The highest BCUT2D eigenvalue weighted by Gasteiger charge is 2.03. The molecule has 0 saturated carbocycles. The molecular formula is C13H13N3O4. The van der Waals surface area contributed by atoms with Crippen molar-refractivity contribution in [2.45, 2.75) is 0 Å². The highest BCUT2D eigenvalue weighted by Crippen LogP contribution is 2.23. The molecule has 104 valence electrons. The molecule has 0 aliphatic rings. The number of hydrogen-bond donors (Lipinski definition) is 2. The zero-order chi connectivity index (χ0) is 14.5. The van der Waals surface area contributed by atoms with Gasteiger partial charge in [0.25, 0.3) is 5.56 Å². The molecule has 7 heteroatoms. The van der Waals surface area contributed by atoms with Gasteiger partial charge in [-0.3, -0.25) is 9.78 Å². The summed E-state index contributed by atoms with van der Waals surface area (Å²) in [5.41, 5.74) is -0.352. The number of aliphatic imine (C=N–C) groups is 1. The van der Waals surface area contributed by atoms with E-state index in [4.69, 9.17) is 9.47 Å². The normalized spacial score (nSPS) is 10.7. The summed E-state index contributed by atoms with van der Waals surface area (Å²) >= 11 is 0. The maximum atomic E-state index is 11.5. The van der Waals surface area contributed by atoms with E-state index < -0.39 is 11.2 Å². The van der Waals surface area contributed by atoms with Gasteiger partial charge in [-0.1, -0.05) is 0 Å². The number of aromatic nitrogens is 2. The Morgan fingerprint density at radius 3 is 2.65 bits per heavy atom. The standard InChI is InChI=1S/C13H13N3O4/c1-19-9-4-3-8(11(5-9)20-2)6-14-10-7-15-13(18)16-12(10)17/h3-7H,1-2H3,(H2,15,16,17,18). The van der Waals surface area contributed by atoms with Gasteiger partial charge >= 0.3 is 5.69 Å². The molecule has 0 aliphatic heterocycles. The predicted octanol–water partition coefficient (Wildman–Crippen LogP) is 0.831. The number of ether oxygens (including phenoxy) is 2. The van der Waals surface area contributed by atoms with Crippen LogP contribution in [0.2, 0.25) is 0 Å². The Bertz CT molecular complexity index is 746. The summed E-state index contributed by atoms with van der Waals surface area (Å²) < 4.78 is 10.3. The third-order valence-electron chi connectivity index (χ3n) is 2.58. The van der Waals surface area contributed by atoms with Crippen molar-refractivity contribution in [3.63, 3.8) is 0 Å². The van der Waals surface area contributed by atoms with Crippen molar-refractivity contribution in [3.05, 3.63) is 50.8 Å². The number of benzene rings is 1. The quantitative estimate of drug-likeness (QED) is 0.808. The highest BCUT2D eigenvalue weighted by atomic mass is 16.5. The lowest BCUT2D eigenvalue weighted by Gasteiger charge is -2.06. The van der Waals surface area contributed by atoms with Crippen LogP contribution in [0.4, 0.5) is 5.69 Å². The predicted molar refractivity (Wildman–Crippen MR) is 74.5 cm³/mol. The van der Waals surface area contributed by atoms with Gasteiger partial charge in [0.1, 0.15) is 17.2 Å². The number of nitrogens with one attached hydrogen (secondary N) is 2. The minimum atomic E-state index is -0.573. The van der Waals surface area contributed by atoms with Crippen molar-refractivity contribution < 1.29 is 9.47 Å². The molecule has 0 amide bonds. The van der Waals surface area contributed by atoms with Gasteiger partial charge in [-0.05, 0) is 12.1 Å². The topological polar surface area (TPSA) is 96.5 Å². The van der Waals surface area contributed by atoms with E-state index in [0.29, 0.717) is 17.1 Å². The molecule has 0 radical (unpaired) electrons. The average Bonchev–Trinajstić information content (AvgIpc) is 2.46. The van der Waals surface area contributed by atoms with Gasteiger partial charge in [0.2, 0.25) is 0 Å². The second-order valence-corrected chi connectivity index (χ2v) is 3.82. The van der Waals surface area contributed by atoms with Gasteiger partial charge in [-0.2, -0.15) is 0 Å². The Hall–Kier alpha value is -2.83. The van der Waals surface area contributed by atoms with E-state index in [1.54, 1.807) is 25.3 Å². The molecule has 0 aliphatic carbocycles. The van der Waals surface area contributed by atoms with Crippen LogP contribution in [0.25, 0.3) is 0 Å². The maximum absolute atomic E-state index is 11.5. The first-order valence-electron chi connectivity index (χ1n) is 5.72. The molecule has 0 atom stereocenters. The Balaban J connectivity index is 2.36. The van der Waals surface area contributed by atoms with Crippen LogP contribution in [0.3, 0.4) is 0 Å². The lowest BCUT2D eigenvalue weighted by molar-refractivity contribution is 0.394. The monoisotopic (exact) mass is 275 g/mol. The number of aromatic amines is 2. The highest BCUT2D eigenvalue weighted by molar-refractivity contribution is 5.85. The van der Waals surface area contributed by atoms with Gasteiger partial charge in [-0.25, -0.2) is 9.79 Å². The fraction of sp³-hybridized carbons (Fsp3) is 0.154. The molecule has 20 heavy (non-hydrogen) atoms. The molecule has 0 saturated heterocycles. The minimum Gasteiger partial charge on any atom is -0.497 e. The van der Waals surface area contributed by atoms with E-state index in [2.05, 4.69) is 15.0 Å². The Morgan fingerprint density at radius 2 is 2.00 bits per heavy atom. The smallest absolute Gasteiger partial charge is 0.325 e. The Labute approximate surface area is 113 Å². The molecule has 0 unspecified atom stereocenters. The molecule has 0 spiro atoms. The number of H-pyrrole nitrogens is 2. The molecule has 7 nitrogen and oxygen atoms in total. The Kier molecular flexibility index (Phi) is 3.99. The molecule has 1 aromatic carbocycles. The first-order chi connectivity index (χ1) is 9.63. The lowest BCUT2D eigenvalue weighted by Crippen LogP contribution is -2.20. The van der Waals surface area contributed by atoms with Crippen LogP contribution >= 0.6 is 0 Å². The second-order valence-electron chi connectivity index (χ2n) is 3.82. The van der Waals surface area contributed by atoms with Gasteiger partial charge < -0.3 is 14.5 Å². The number of nitrogens with zero attached hydrogens (tertiary/aromatic N) is 1. The summed E-state index contributed by atoms with van der Waals surface area (Å²) in [6, 6.07) is 5.21. The van der Waals surface area contributed by atoms with Crippen LogP contribution in [0.1, 0.15) is 5.56 Å². The van der Waals surface area contributed by atoms with Crippen molar-refractivity contribution in [3.8, 4) is 11.5 Å². The van der Waals surface area contributed by atoms with Crippen molar-refractivity contribution in [2.24, 2.45) is 4.99 Å². The first kappa shape index (κ1) is 13.6. The first-order valence-corrected chi connectivity index (χ1v) is 5.72. The molecule has 0 bridgehead atoms. The van der Waals surface area contributed by atoms with Gasteiger partial charge in [0.15, 0.2) is 0 Å². The average molecular weight is 275 g/mol. The van der Waals surface area contributed by atoms with E-state index in [9.17, 15) is 9.59 Å². The minimum absolute atomic E-state index is 0.0995. The lowest BCUT2D eigenvalue weighted by atomic mass is 10.2. The van der Waals surface area contributed by atoms with Crippen LogP contribution in [0.5, 0.6) is 11.5 Å². The van der Waals surface area contributed by atoms with Crippen LogP contribution in [0.15, 0.2) is 39.0 Å². The number of hydrogen-bond acceptors (Lipinski definition) is 5. The molecule has 2 rings (SSSR count). The van der Waals surface area contributed by atoms with Crippen molar-refractivity contribution in [1.82, 2.24) is 9.97 Å². The number of rotatable bonds is 4. The molecule has 0 fully saturated rings. The van der Waals surface area contributed by atoms with Crippen LogP contribution in [0, 0.1) is 0 Å². The van der Waals surface area contributed by atoms with E-state index in [1.807, 2.05) is 0 Å². The van der Waals surface area contributed by atoms with E-state index in [1.165, 1.54) is 19.5 Å².